The van der Waals surface area contributed by atoms with Gasteiger partial charge in [0.2, 0.25) is 0 Å². The molecule has 126 valence electrons. The van der Waals surface area contributed by atoms with Crippen LogP contribution in [0.15, 0.2) is 65.0 Å². The summed E-state index contributed by atoms with van der Waals surface area (Å²) in [6.07, 6.45) is 1.88. The monoisotopic (exact) mass is 451 g/mol. The minimum absolute atomic E-state index is 0. The number of hydrogen-bond acceptors (Lipinski definition) is 2. The van der Waals surface area contributed by atoms with Crippen LogP contribution in [0.25, 0.3) is 10.8 Å². The van der Waals surface area contributed by atoms with Crippen molar-refractivity contribution in [3.05, 3.63) is 70.4 Å². The third-order valence-electron chi connectivity index (χ3n) is 3.80. The molecule has 0 aliphatic heterocycles. The smallest absolute Gasteiger partial charge is 0.188 e. The number of guanidine groups is 1. The summed E-state index contributed by atoms with van der Waals surface area (Å²) in [6.45, 7) is 1.52. The van der Waals surface area contributed by atoms with E-state index in [2.05, 4.69) is 70.3 Å². The summed E-state index contributed by atoms with van der Waals surface area (Å²) in [5, 5.41) is 7.89. The molecule has 1 aromatic heterocycles. The Hall–Kier alpha value is -1.60. The molecular formula is C19H22IN3S. The van der Waals surface area contributed by atoms with Gasteiger partial charge in [0.25, 0.3) is 0 Å². The van der Waals surface area contributed by atoms with E-state index in [4.69, 9.17) is 5.73 Å². The second-order valence-corrected chi connectivity index (χ2v) is 6.44. The average molecular weight is 451 g/mol. The normalized spacial score (nSPS) is 11.2. The second-order valence-electron chi connectivity index (χ2n) is 5.41. The first-order valence-corrected chi connectivity index (χ1v) is 8.74. The number of fused-ring (bicyclic) bond motifs is 1. The fraction of sp³-hybridized carbons (Fsp3) is 0.211. The maximum Gasteiger partial charge on any atom is 0.188 e. The molecule has 0 radical (unpaired) electrons. The molecule has 0 bridgehead atoms. The Morgan fingerprint density at radius 3 is 2.67 bits per heavy atom. The van der Waals surface area contributed by atoms with Gasteiger partial charge in [-0.25, -0.2) is 0 Å². The molecule has 3 aromatic rings. The zero-order chi connectivity index (χ0) is 15.9. The lowest BCUT2D eigenvalue weighted by molar-refractivity contribution is 0.849. The summed E-state index contributed by atoms with van der Waals surface area (Å²) in [5.74, 6) is 0.529. The average Bonchev–Trinajstić information content (AvgIpc) is 3.08. The van der Waals surface area contributed by atoms with Crippen molar-refractivity contribution in [3.8, 4) is 0 Å². The first kappa shape index (κ1) is 18.7. The second kappa shape index (κ2) is 9.64. The Morgan fingerprint density at radius 1 is 1.00 bits per heavy atom. The van der Waals surface area contributed by atoms with Crippen LogP contribution in [-0.2, 0) is 12.8 Å². The molecule has 3 nitrogen and oxygen atoms in total. The lowest BCUT2D eigenvalue weighted by Gasteiger charge is -2.08. The molecule has 0 spiro atoms. The fourth-order valence-electron chi connectivity index (χ4n) is 2.63. The Balaban J connectivity index is 0.00000208. The van der Waals surface area contributed by atoms with E-state index in [-0.39, 0.29) is 24.0 Å². The maximum absolute atomic E-state index is 5.93. The largest absolute Gasteiger partial charge is 0.370 e. The van der Waals surface area contributed by atoms with Gasteiger partial charge in [-0.2, -0.15) is 0 Å². The number of nitrogens with zero attached hydrogens (tertiary/aromatic N) is 1. The third kappa shape index (κ3) is 5.21. The number of thiophene rings is 1. The SMILES string of the molecule is I.NC(=NCCc1cccs1)NCCc1cccc2ccccc12. The highest BCUT2D eigenvalue weighted by Crippen LogP contribution is 2.18. The molecule has 3 N–H and O–H groups in total. The Labute approximate surface area is 164 Å². The molecule has 0 aliphatic rings. The van der Waals surface area contributed by atoms with Crippen LogP contribution in [0.2, 0.25) is 0 Å². The van der Waals surface area contributed by atoms with Gasteiger partial charge in [0.05, 0.1) is 0 Å². The lowest BCUT2D eigenvalue weighted by Crippen LogP contribution is -2.33. The first-order chi connectivity index (χ1) is 11.3. The van der Waals surface area contributed by atoms with Crippen molar-refractivity contribution in [2.24, 2.45) is 10.7 Å². The van der Waals surface area contributed by atoms with E-state index in [1.165, 1.54) is 21.2 Å². The van der Waals surface area contributed by atoms with Crippen LogP contribution in [-0.4, -0.2) is 19.0 Å². The van der Waals surface area contributed by atoms with Crippen molar-refractivity contribution < 1.29 is 0 Å². The van der Waals surface area contributed by atoms with Crippen LogP contribution < -0.4 is 11.1 Å². The molecule has 24 heavy (non-hydrogen) atoms. The maximum atomic E-state index is 5.93. The molecule has 1 heterocycles. The van der Waals surface area contributed by atoms with Crippen molar-refractivity contribution in [2.75, 3.05) is 13.1 Å². The summed E-state index contributed by atoms with van der Waals surface area (Å²) >= 11 is 1.76. The van der Waals surface area contributed by atoms with Gasteiger partial charge in [-0.15, -0.1) is 35.3 Å². The van der Waals surface area contributed by atoms with Crippen molar-refractivity contribution in [1.29, 1.82) is 0 Å². The van der Waals surface area contributed by atoms with Crippen molar-refractivity contribution in [3.63, 3.8) is 0 Å². The summed E-state index contributed by atoms with van der Waals surface area (Å²) in [6, 6.07) is 19.1. The molecule has 0 atom stereocenters. The highest BCUT2D eigenvalue weighted by atomic mass is 127. The number of halogens is 1. The van der Waals surface area contributed by atoms with Gasteiger partial charge in [-0.05, 0) is 34.2 Å². The Kier molecular flexibility index (Phi) is 7.52. The first-order valence-electron chi connectivity index (χ1n) is 7.86. The summed E-state index contributed by atoms with van der Waals surface area (Å²) in [7, 11) is 0. The molecule has 0 aliphatic carbocycles. The number of nitrogens with one attached hydrogen (secondary N) is 1. The van der Waals surface area contributed by atoms with Gasteiger partial charge >= 0.3 is 0 Å². The number of nitrogens with two attached hydrogens (primary N) is 1. The molecular weight excluding hydrogens is 429 g/mol. The highest BCUT2D eigenvalue weighted by Gasteiger charge is 2.00. The number of rotatable bonds is 6. The molecule has 0 unspecified atom stereocenters. The molecule has 0 saturated heterocycles. The van der Waals surface area contributed by atoms with E-state index < -0.39 is 0 Å². The van der Waals surface area contributed by atoms with Crippen LogP contribution >= 0.6 is 35.3 Å². The van der Waals surface area contributed by atoms with E-state index >= 15 is 0 Å². The number of aliphatic imine (C=N–C) groups is 1. The standard InChI is InChI=1S/C19H21N3S.HI/c20-19(22-13-11-17-8-4-14-23-17)21-12-10-16-7-3-6-15-5-1-2-9-18(15)16;/h1-9,14H,10-13H2,(H3,20,21,22);1H. The lowest BCUT2D eigenvalue weighted by atomic mass is 10.0. The molecule has 3 rings (SSSR count). The van der Waals surface area contributed by atoms with E-state index in [9.17, 15) is 0 Å². The molecule has 0 fully saturated rings. The van der Waals surface area contributed by atoms with Crippen LogP contribution in [0.1, 0.15) is 10.4 Å². The summed E-state index contributed by atoms with van der Waals surface area (Å²) in [4.78, 5) is 5.73. The summed E-state index contributed by atoms with van der Waals surface area (Å²) in [5.41, 5.74) is 7.27. The predicted molar refractivity (Wildman–Crippen MR) is 116 cm³/mol. The van der Waals surface area contributed by atoms with E-state index in [0.29, 0.717) is 5.96 Å². The van der Waals surface area contributed by atoms with Crippen LogP contribution in [0.5, 0.6) is 0 Å². The minimum atomic E-state index is 0. The van der Waals surface area contributed by atoms with Crippen LogP contribution in [0.3, 0.4) is 0 Å². The Morgan fingerprint density at radius 2 is 1.83 bits per heavy atom. The zero-order valence-electron chi connectivity index (χ0n) is 13.4. The molecule has 2 aromatic carbocycles. The van der Waals surface area contributed by atoms with Gasteiger partial charge in [0.15, 0.2) is 5.96 Å². The summed E-state index contributed by atoms with van der Waals surface area (Å²) < 4.78 is 0. The molecule has 5 heteroatoms. The zero-order valence-corrected chi connectivity index (χ0v) is 16.6. The van der Waals surface area contributed by atoms with E-state index in [1.54, 1.807) is 11.3 Å². The quantitative estimate of drug-likeness (QED) is 0.335. The Bertz CT molecular complexity index is 779. The minimum Gasteiger partial charge on any atom is -0.370 e. The van der Waals surface area contributed by atoms with Gasteiger partial charge in [-0.1, -0.05) is 48.5 Å². The van der Waals surface area contributed by atoms with E-state index in [1.807, 2.05) is 0 Å². The predicted octanol–water partition coefficient (Wildman–Crippen LogP) is 4.21. The van der Waals surface area contributed by atoms with Crippen molar-refractivity contribution in [1.82, 2.24) is 5.32 Å². The van der Waals surface area contributed by atoms with Gasteiger partial charge in [-0.3, -0.25) is 4.99 Å². The molecule has 0 amide bonds. The molecule has 0 saturated carbocycles. The van der Waals surface area contributed by atoms with Gasteiger partial charge < -0.3 is 11.1 Å². The van der Waals surface area contributed by atoms with E-state index in [0.717, 1.165) is 25.9 Å². The van der Waals surface area contributed by atoms with Crippen LogP contribution in [0, 0.1) is 0 Å². The third-order valence-corrected chi connectivity index (χ3v) is 4.74. The van der Waals surface area contributed by atoms with Gasteiger partial charge in [0, 0.05) is 24.4 Å². The van der Waals surface area contributed by atoms with Crippen molar-refractivity contribution >= 4 is 52.0 Å². The van der Waals surface area contributed by atoms with Gasteiger partial charge in [0.1, 0.15) is 0 Å². The highest BCUT2D eigenvalue weighted by molar-refractivity contribution is 14.0. The topological polar surface area (TPSA) is 50.4 Å². The van der Waals surface area contributed by atoms with Crippen molar-refractivity contribution in [2.45, 2.75) is 12.8 Å². The van der Waals surface area contributed by atoms with Crippen LogP contribution in [0.4, 0.5) is 0 Å². The fourth-order valence-corrected chi connectivity index (χ4v) is 3.33. The number of hydrogen-bond donors (Lipinski definition) is 2. The number of benzene rings is 2.